The van der Waals surface area contributed by atoms with Gasteiger partial charge in [0, 0.05) is 11.8 Å². The highest BCUT2D eigenvalue weighted by atomic mass is 79.9. The molecule has 0 unspecified atom stereocenters. The first-order valence-electron chi connectivity index (χ1n) is 5.43. The minimum atomic E-state index is -0.555. The number of carbonyl (C=O) groups excluding carboxylic acids is 1. The molecule has 0 saturated heterocycles. The van der Waals surface area contributed by atoms with E-state index in [0.29, 0.717) is 16.0 Å². The highest BCUT2D eigenvalue weighted by molar-refractivity contribution is 9.10. The normalized spacial score (nSPS) is 11.0. The van der Waals surface area contributed by atoms with Crippen LogP contribution in [0.3, 0.4) is 0 Å². The van der Waals surface area contributed by atoms with E-state index in [0.717, 1.165) is 5.56 Å². The number of halogens is 1. The number of pyridine rings is 1. The Bertz CT molecular complexity index is 455. The van der Waals surface area contributed by atoms with Gasteiger partial charge < -0.3 is 9.47 Å². The Kier molecular flexibility index (Phi) is 4.56. The Hall–Kier alpha value is -1.30. The molecule has 0 fully saturated rings. The second kappa shape index (κ2) is 5.56. The lowest BCUT2D eigenvalue weighted by molar-refractivity contribution is 0.0635. The van der Waals surface area contributed by atoms with Gasteiger partial charge in [0.25, 0.3) is 0 Å². The lowest BCUT2D eigenvalue weighted by Crippen LogP contribution is -2.27. The standard InChI is InChI=1S/C12H17BrN2O3/c1-7-6-14-10(13)8(9(7)17-5)15-11(16)18-12(2,3)4/h6H,1-5H3,(H,15,16). The van der Waals surface area contributed by atoms with Gasteiger partial charge in [-0.25, -0.2) is 9.78 Å². The fourth-order valence-electron chi connectivity index (χ4n) is 1.34. The zero-order valence-corrected chi connectivity index (χ0v) is 12.7. The molecule has 1 rings (SSSR count). The molecular weight excluding hydrogens is 300 g/mol. The summed E-state index contributed by atoms with van der Waals surface area (Å²) >= 11 is 3.27. The molecule has 18 heavy (non-hydrogen) atoms. The third kappa shape index (κ3) is 3.87. The SMILES string of the molecule is COc1c(C)cnc(Br)c1NC(=O)OC(C)(C)C. The number of aromatic nitrogens is 1. The Morgan fingerprint density at radius 3 is 2.56 bits per heavy atom. The van der Waals surface area contributed by atoms with Gasteiger partial charge in [-0.1, -0.05) is 0 Å². The maximum Gasteiger partial charge on any atom is 0.412 e. The average molecular weight is 317 g/mol. The van der Waals surface area contributed by atoms with Crippen molar-refractivity contribution in [2.24, 2.45) is 0 Å². The predicted molar refractivity (Wildman–Crippen MR) is 73.1 cm³/mol. The first-order chi connectivity index (χ1) is 8.24. The van der Waals surface area contributed by atoms with Crippen molar-refractivity contribution in [2.75, 3.05) is 12.4 Å². The van der Waals surface area contributed by atoms with Crippen LogP contribution in [0, 0.1) is 6.92 Å². The molecule has 1 heterocycles. The van der Waals surface area contributed by atoms with Crippen molar-refractivity contribution in [1.82, 2.24) is 4.98 Å². The number of ether oxygens (including phenoxy) is 2. The Morgan fingerprint density at radius 1 is 1.44 bits per heavy atom. The van der Waals surface area contributed by atoms with Crippen LogP contribution >= 0.6 is 15.9 Å². The number of amides is 1. The van der Waals surface area contributed by atoms with Gasteiger partial charge in [-0.05, 0) is 43.6 Å². The van der Waals surface area contributed by atoms with Crippen LogP contribution in [0.2, 0.25) is 0 Å². The van der Waals surface area contributed by atoms with Crippen LogP contribution in [0.4, 0.5) is 10.5 Å². The van der Waals surface area contributed by atoms with E-state index in [9.17, 15) is 4.79 Å². The molecule has 0 saturated carbocycles. The van der Waals surface area contributed by atoms with Gasteiger partial charge in [-0.2, -0.15) is 0 Å². The van der Waals surface area contributed by atoms with E-state index in [-0.39, 0.29) is 0 Å². The predicted octanol–water partition coefficient (Wildman–Crippen LogP) is 3.51. The molecule has 0 radical (unpaired) electrons. The van der Waals surface area contributed by atoms with E-state index in [1.54, 1.807) is 27.0 Å². The number of methoxy groups -OCH3 is 1. The Morgan fingerprint density at radius 2 is 2.06 bits per heavy atom. The Balaban J connectivity index is 2.97. The number of anilines is 1. The van der Waals surface area contributed by atoms with Gasteiger partial charge in [0.05, 0.1) is 7.11 Å². The molecule has 1 aromatic heterocycles. The zero-order valence-electron chi connectivity index (χ0n) is 11.1. The zero-order chi connectivity index (χ0) is 13.9. The molecule has 1 N–H and O–H groups in total. The van der Waals surface area contributed by atoms with Gasteiger partial charge in [-0.3, -0.25) is 5.32 Å². The summed E-state index contributed by atoms with van der Waals surface area (Å²) < 4.78 is 10.9. The molecule has 5 nitrogen and oxygen atoms in total. The molecule has 0 aromatic carbocycles. The number of nitrogens with zero attached hydrogens (tertiary/aromatic N) is 1. The van der Waals surface area contributed by atoms with Crippen LogP contribution < -0.4 is 10.1 Å². The summed E-state index contributed by atoms with van der Waals surface area (Å²) in [6.45, 7) is 7.24. The van der Waals surface area contributed by atoms with Crippen LogP contribution in [0.1, 0.15) is 26.3 Å². The highest BCUT2D eigenvalue weighted by Gasteiger charge is 2.20. The quantitative estimate of drug-likeness (QED) is 0.848. The van der Waals surface area contributed by atoms with Gasteiger partial charge in [0.15, 0.2) is 0 Å². The smallest absolute Gasteiger partial charge is 0.412 e. The molecule has 0 atom stereocenters. The lowest BCUT2D eigenvalue weighted by atomic mass is 10.2. The first-order valence-corrected chi connectivity index (χ1v) is 6.23. The van der Waals surface area contributed by atoms with Crippen molar-refractivity contribution in [3.63, 3.8) is 0 Å². The summed E-state index contributed by atoms with van der Waals surface area (Å²) in [6, 6.07) is 0. The molecule has 0 aliphatic heterocycles. The molecular formula is C12H17BrN2O3. The highest BCUT2D eigenvalue weighted by Crippen LogP contribution is 2.33. The minimum Gasteiger partial charge on any atom is -0.494 e. The van der Waals surface area contributed by atoms with Gasteiger partial charge in [-0.15, -0.1) is 0 Å². The third-order valence-corrected chi connectivity index (χ3v) is 2.59. The van der Waals surface area contributed by atoms with Gasteiger partial charge in [0.2, 0.25) is 0 Å². The van der Waals surface area contributed by atoms with E-state index in [1.807, 2.05) is 6.92 Å². The molecule has 0 aliphatic rings. The fourth-order valence-corrected chi connectivity index (χ4v) is 1.73. The molecule has 1 amide bonds. The van der Waals surface area contributed by atoms with E-state index in [1.165, 1.54) is 7.11 Å². The number of aryl methyl sites for hydroxylation is 1. The van der Waals surface area contributed by atoms with Crippen LogP contribution in [0.15, 0.2) is 10.8 Å². The molecule has 100 valence electrons. The van der Waals surface area contributed by atoms with Crippen molar-refractivity contribution < 1.29 is 14.3 Å². The van der Waals surface area contributed by atoms with Crippen LogP contribution in [-0.4, -0.2) is 23.8 Å². The minimum absolute atomic E-state index is 0.465. The van der Waals surface area contributed by atoms with Gasteiger partial charge >= 0.3 is 6.09 Å². The van der Waals surface area contributed by atoms with Crippen LogP contribution in [0.5, 0.6) is 5.75 Å². The van der Waals surface area contributed by atoms with Crippen molar-refractivity contribution in [3.8, 4) is 5.75 Å². The summed E-state index contributed by atoms with van der Waals surface area (Å²) in [5, 5.41) is 2.63. The number of hydrogen-bond donors (Lipinski definition) is 1. The molecule has 1 aromatic rings. The van der Waals surface area contributed by atoms with E-state index in [2.05, 4.69) is 26.2 Å². The van der Waals surface area contributed by atoms with E-state index in [4.69, 9.17) is 9.47 Å². The van der Waals surface area contributed by atoms with E-state index < -0.39 is 11.7 Å². The number of carbonyl (C=O) groups is 1. The second-order valence-corrected chi connectivity index (χ2v) is 5.52. The first kappa shape index (κ1) is 14.8. The summed E-state index contributed by atoms with van der Waals surface area (Å²) in [6.07, 6.45) is 1.11. The number of nitrogens with one attached hydrogen (secondary N) is 1. The number of hydrogen-bond acceptors (Lipinski definition) is 4. The third-order valence-electron chi connectivity index (χ3n) is 1.99. The van der Waals surface area contributed by atoms with E-state index >= 15 is 0 Å². The monoisotopic (exact) mass is 316 g/mol. The summed E-state index contributed by atoms with van der Waals surface area (Å²) in [4.78, 5) is 15.8. The largest absolute Gasteiger partial charge is 0.494 e. The van der Waals surface area contributed by atoms with Crippen LogP contribution in [0.25, 0.3) is 0 Å². The van der Waals surface area contributed by atoms with Crippen molar-refractivity contribution >= 4 is 27.7 Å². The Labute approximate surface area is 115 Å². The maximum atomic E-state index is 11.7. The fraction of sp³-hybridized carbons (Fsp3) is 0.500. The van der Waals surface area contributed by atoms with Gasteiger partial charge in [0.1, 0.15) is 21.6 Å². The van der Waals surface area contributed by atoms with Crippen molar-refractivity contribution in [2.45, 2.75) is 33.3 Å². The molecule has 0 bridgehead atoms. The average Bonchev–Trinajstić information content (AvgIpc) is 2.21. The molecule has 0 spiro atoms. The van der Waals surface area contributed by atoms with Crippen molar-refractivity contribution in [1.29, 1.82) is 0 Å². The summed E-state index contributed by atoms with van der Waals surface area (Å²) in [7, 11) is 1.54. The summed E-state index contributed by atoms with van der Waals surface area (Å²) in [5.74, 6) is 0.558. The van der Waals surface area contributed by atoms with Crippen LogP contribution in [-0.2, 0) is 4.74 Å². The van der Waals surface area contributed by atoms with Crippen molar-refractivity contribution in [3.05, 3.63) is 16.4 Å². The second-order valence-electron chi connectivity index (χ2n) is 4.77. The topological polar surface area (TPSA) is 60.5 Å². The summed E-state index contributed by atoms with van der Waals surface area (Å²) in [5.41, 5.74) is 0.736. The maximum absolute atomic E-state index is 11.7. The lowest BCUT2D eigenvalue weighted by Gasteiger charge is -2.20. The molecule has 0 aliphatic carbocycles. The number of rotatable bonds is 2. The molecule has 6 heteroatoms.